The highest BCUT2D eigenvalue weighted by Crippen LogP contribution is 2.12. The van der Waals surface area contributed by atoms with Gasteiger partial charge in [0.1, 0.15) is 0 Å². The lowest BCUT2D eigenvalue weighted by atomic mass is 10.1. The third-order valence-electron chi connectivity index (χ3n) is 5.01. The van der Waals surface area contributed by atoms with Crippen LogP contribution >= 0.6 is 24.0 Å². The van der Waals surface area contributed by atoms with E-state index in [0.29, 0.717) is 0 Å². The summed E-state index contributed by atoms with van der Waals surface area (Å²) in [5.41, 5.74) is 2.88. The monoisotopic (exact) mass is 484 g/mol. The predicted octanol–water partition coefficient (Wildman–Crippen LogP) is 3.12. The molecule has 1 aromatic carbocycles. The summed E-state index contributed by atoms with van der Waals surface area (Å²) in [4.78, 5) is 9.81. The molecule has 2 aliphatic rings. The van der Waals surface area contributed by atoms with Crippen molar-refractivity contribution < 1.29 is 4.74 Å². The molecule has 1 N–H and O–H groups in total. The second-order valence-electron chi connectivity index (χ2n) is 6.92. The van der Waals surface area contributed by atoms with Gasteiger partial charge >= 0.3 is 0 Å². The lowest BCUT2D eigenvalue weighted by Gasteiger charge is -2.36. The zero-order valence-corrected chi connectivity index (χ0v) is 18.7. The van der Waals surface area contributed by atoms with Crippen LogP contribution < -0.4 is 5.32 Å². The van der Waals surface area contributed by atoms with E-state index in [9.17, 15) is 0 Å². The molecule has 1 fully saturated rings. The molecule has 0 bridgehead atoms. The van der Waals surface area contributed by atoms with Crippen molar-refractivity contribution in [3.63, 3.8) is 0 Å². The summed E-state index contributed by atoms with van der Waals surface area (Å²) < 4.78 is 5.38. The summed E-state index contributed by atoms with van der Waals surface area (Å²) >= 11 is 0. The molecule has 1 aromatic rings. The summed E-state index contributed by atoms with van der Waals surface area (Å²) in [7, 11) is 0. The topological polar surface area (TPSA) is 40.1 Å². The van der Waals surface area contributed by atoms with Crippen LogP contribution in [0.15, 0.2) is 47.0 Å². The second kappa shape index (κ2) is 12.4. The number of halogens is 1. The Morgan fingerprint density at radius 3 is 2.59 bits per heavy atom. The first-order chi connectivity index (χ1) is 12.8. The van der Waals surface area contributed by atoms with Gasteiger partial charge in [0.25, 0.3) is 0 Å². The third kappa shape index (κ3) is 7.43. The minimum atomic E-state index is 0. The molecule has 2 aliphatic heterocycles. The Morgan fingerprint density at radius 1 is 1.15 bits per heavy atom. The van der Waals surface area contributed by atoms with Gasteiger partial charge in [0.15, 0.2) is 5.96 Å². The lowest BCUT2D eigenvalue weighted by Crippen LogP contribution is -2.52. The van der Waals surface area contributed by atoms with Crippen LogP contribution in [0, 0.1) is 0 Å². The van der Waals surface area contributed by atoms with E-state index in [1.54, 1.807) is 0 Å². The highest BCUT2D eigenvalue weighted by atomic mass is 127. The molecule has 0 atom stereocenters. The van der Waals surface area contributed by atoms with E-state index < -0.39 is 0 Å². The SMILES string of the molecule is CCNC(=NCCC1=CCOCC1)N1CCN(Cc2ccccc2)CC1.I. The van der Waals surface area contributed by atoms with E-state index in [2.05, 4.69) is 58.4 Å². The smallest absolute Gasteiger partial charge is 0.194 e. The Balaban J connectivity index is 0.00000261. The first-order valence-corrected chi connectivity index (χ1v) is 9.90. The van der Waals surface area contributed by atoms with Crippen LogP contribution in [0.5, 0.6) is 0 Å². The van der Waals surface area contributed by atoms with Gasteiger partial charge in [-0.15, -0.1) is 24.0 Å². The number of benzene rings is 1. The van der Waals surface area contributed by atoms with Crippen LogP contribution in [-0.4, -0.2) is 68.2 Å². The van der Waals surface area contributed by atoms with Gasteiger partial charge in [0.05, 0.1) is 13.2 Å². The Morgan fingerprint density at radius 2 is 1.93 bits per heavy atom. The molecule has 0 spiro atoms. The summed E-state index contributed by atoms with van der Waals surface area (Å²) in [6, 6.07) is 10.7. The number of nitrogens with zero attached hydrogens (tertiary/aromatic N) is 3. The molecular formula is C21H33IN4O. The maximum atomic E-state index is 5.38. The van der Waals surface area contributed by atoms with Crippen molar-refractivity contribution >= 4 is 29.9 Å². The van der Waals surface area contributed by atoms with Crippen molar-refractivity contribution in [2.45, 2.75) is 26.3 Å². The number of nitrogens with one attached hydrogen (secondary N) is 1. The quantitative estimate of drug-likeness (QED) is 0.292. The zero-order chi connectivity index (χ0) is 18.0. The van der Waals surface area contributed by atoms with E-state index >= 15 is 0 Å². The van der Waals surface area contributed by atoms with Crippen LogP contribution in [-0.2, 0) is 11.3 Å². The molecular weight excluding hydrogens is 451 g/mol. The molecule has 6 heteroatoms. The summed E-state index contributed by atoms with van der Waals surface area (Å²) in [6.07, 6.45) is 4.32. The van der Waals surface area contributed by atoms with Gasteiger partial charge in [0.2, 0.25) is 0 Å². The lowest BCUT2D eigenvalue weighted by molar-refractivity contribution is 0.153. The van der Waals surface area contributed by atoms with Crippen molar-refractivity contribution in [1.29, 1.82) is 0 Å². The van der Waals surface area contributed by atoms with Gasteiger partial charge in [0, 0.05) is 45.8 Å². The molecule has 27 heavy (non-hydrogen) atoms. The van der Waals surface area contributed by atoms with Crippen molar-refractivity contribution in [1.82, 2.24) is 15.1 Å². The number of piperazine rings is 1. The van der Waals surface area contributed by atoms with Crippen LogP contribution in [0.1, 0.15) is 25.3 Å². The molecule has 0 aliphatic carbocycles. The van der Waals surface area contributed by atoms with Crippen LogP contribution in [0.25, 0.3) is 0 Å². The largest absolute Gasteiger partial charge is 0.377 e. The van der Waals surface area contributed by atoms with Gasteiger partial charge in [-0.25, -0.2) is 0 Å². The molecule has 1 saturated heterocycles. The molecule has 3 rings (SSSR count). The number of ether oxygens (including phenoxy) is 1. The van der Waals surface area contributed by atoms with Gasteiger partial charge in [-0.05, 0) is 25.3 Å². The fourth-order valence-corrected chi connectivity index (χ4v) is 3.48. The second-order valence-corrected chi connectivity index (χ2v) is 6.92. The minimum absolute atomic E-state index is 0. The Labute approximate surface area is 180 Å². The van der Waals surface area contributed by atoms with Gasteiger partial charge in [-0.3, -0.25) is 9.89 Å². The summed E-state index contributed by atoms with van der Waals surface area (Å²) in [5.74, 6) is 1.07. The number of hydrogen-bond acceptors (Lipinski definition) is 3. The molecule has 0 unspecified atom stereocenters. The average Bonchev–Trinajstić information content (AvgIpc) is 2.70. The van der Waals surface area contributed by atoms with Crippen LogP contribution in [0.3, 0.4) is 0 Å². The molecule has 0 saturated carbocycles. The third-order valence-corrected chi connectivity index (χ3v) is 5.01. The Bertz CT molecular complexity index is 597. The number of guanidine groups is 1. The molecule has 5 nitrogen and oxygen atoms in total. The van der Waals surface area contributed by atoms with E-state index in [1.165, 1.54) is 11.1 Å². The van der Waals surface area contributed by atoms with Crippen molar-refractivity contribution in [3.05, 3.63) is 47.5 Å². The number of hydrogen-bond donors (Lipinski definition) is 1. The van der Waals surface area contributed by atoms with E-state index in [1.807, 2.05) is 0 Å². The van der Waals surface area contributed by atoms with Crippen LogP contribution in [0.4, 0.5) is 0 Å². The summed E-state index contributed by atoms with van der Waals surface area (Å²) in [5, 5.41) is 3.47. The Hall–Kier alpha value is -1.12. The van der Waals surface area contributed by atoms with E-state index in [-0.39, 0.29) is 24.0 Å². The molecule has 150 valence electrons. The maximum absolute atomic E-state index is 5.38. The number of rotatable bonds is 6. The molecule has 0 aromatic heterocycles. The number of aliphatic imine (C=N–C) groups is 1. The maximum Gasteiger partial charge on any atom is 0.194 e. The van der Waals surface area contributed by atoms with Crippen molar-refractivity contribution in [2.75, 3.05) is 52.5 Å². The minimum Gasteiger partial charge on any atom is -0.377 e. The standard InChI is InChI=1S/C21H32N4O.HI/c1-2-22-21(23-11-8-19-9-16-26-17-10-19)25-14-12-24(13-15-25)18-20-6-4-3-5-7-20;/h3-7,9H,2,8,10-18H2,1H3,(H,22,23);1H. The van der Waals surface area contributed by atoms with E-state index in [4.69, 9.17) is 9.73 Å². The molecule has 0 amide bonds. The molecule has 2 heterocycles. The first-order valence-electron chi connectivity index (χ1n) is 9.90. The normalized spacial score (nSPS) is 18.6. The fourth-order valence-electron chi connectivity index (χ4n) is 3.48. The predicted molar refractivity (Wildman–Crippen MR) is 123 cm³/mol. The Kier molecular flexibility index (Phi) is 10.2. The first kappa shape index (κ1) is 22.2. The van der Waals surface area contributed by atoms with Crippen LogP contribution in [0.2, 0.25) is 0 Å². The highest BCUT2D eigenvalue weighted by Gasteiger charge is 2.19. The molecule has 0 radical (unpaired) electrons. The average molecular weight is 484 g/mol. The van der Waals surface area contributed by atoms with Crippen molar-refractivity contribution in [2.24, 2.45) is 4.99 Å². The van der Waals surface area contributed by atoms with Gasteiger partial charge < -0.3 is 15.0 Å². The highest BCUT2D eigenvalue weighted by molar-refractivity contribution is 14.0. The van der Waals surface area contributed by atoms with E-state index in [0.717, 1.165) is 77.8 Å². The van der Waals surface area contributed by atoms with Crippen molar-refractivity contribution in [3.8, 4) is 0 Å². The van der Waals surface area contributed by atoms with Gasteiger partial charge in [-0.2, -0.15) is 0 Å². The summed E-state index contributed by atoms with van der Waals surface area (Å²) in [6.45, 7) is 10.8. The zero-order valence-electron chi connectivity index (χ0n) is 16.4. The fraction of sp³-hybridized carbons (Fsp3) is 0.571. The van der Waals surface area contributed by atoms with Gasteiger partial charge in [-0.1, -0.05) is 42.0 Å².